The lowest BCUT2D eigenvalue weighted by atomic mass is 9.99. The molecule has 1 unspecified atom stereocenters. The Morgan fingerprint density at radius 1 is 1.07 bits per heavy atom. The Kier molecular flexibility index (Phi) is 5.58. The number of aryl methyl sites for hydroxylation is 2. The summed E-state index contributed by atoms with van der Waals surface area (Å²) in [5.74, 6) is 1.95. The van der Waals surface area contributed by atoms with E-state index in [1.807, 2.05) is 30.3 Å². The molecule has 144 valence electrons. The first kappa shape index (κ1) is 18.5. The summed E-state index contributed by atoms with van der Waals surface area (Å²) in [5.41, 5.74) is 5.76. The molecule has 28 heavy (non-hydrogen) atoms. The predicted molar refractivity (Wildman–Crippen MR) is 111 cm³/mol. The van der Waals surface area contributed by atoms with Crippen molar-refractivity contribution >= 4 is 0 Å². The number of para-hydroxylation sites is 1. The van der Waals surface area contributed by atoms with E-state index in [1.165, 1.54) is 11.1 Å². The van der Waals surface area contributed by atoms with Crippen LogP contribution in [0.5, 0.6) is 11.5 Å². The van der Waals surface area contributed by atoms with E-state index >= 15 is 0 Å². The maximum Gasteiger partial charge on any atom is 0.130 e. The number of hydrogen-bond acceptors (Lipinski definition) is 4. The zero-order chi connectivity index (χ0) is 19.3. The van der Waals surface area contributed by atoms with Crippen molar-refractivity contribution < 1.29 is 9.47 Å². The molecule has 2 aromatic carbocycles. The second kappa shape index (κ2) is 8.44. The van der Waals surface area contributed by atoms with E-state index in [4.69, 9.17) is 9.47 Å². The fourth-order valence-corrected chi connectivity index (χ4v) is 3.79. The van der Waals surface area contributed by atoms with E-state index in [0.717, 1.165) is 47.9 Å². The third-order valence-electron chi connectivity index (χ3n) is 5.12. The van der Waals surface area contributed by atoms with E-state index < -0.39 is 0 Å². The highest BCUT2D eigenvalue weighted by molar-refractivity contribution is 5.43. The summed E-state index contributed by atoms with van der Waals surface area (Å²) in [6.07, 6.45) is 2.78. The van der Waals surface area contributed by atoms with Crippen LogP contribution >= 0.6 is 0 Å². The molecule has 0 bridgehead atoms. The van der Waals surface area contributed by atoms with E-state index in [9.17, 15) is 0 Å². The van der Waals surface area contributed by atoms with Gasteiger partial charge in [-0.15, -0.1) is 0 Å². The molecule has 1 atom stereocenters. The van der Waals surface area contributed by atoms with Gasteiger partial charge in [0.05, 0.1) is 12.3 Å². The van der Waals surface area contributed by atoms with Crippen LogP contribution < -0.4 is 14.8 Å². The predicted octanol–water partition coefficient (Wildman–Crippen LogP) is 4.89. The first-order chi connectivity index (χ1) is 13.7. The third kappa shape index (κ3) is 4.18. The summed E-state index contributed by atoms with van der Waals surface area (Å²) < 4.78 is 11.8. The number of ether oxygens (including phenoxy) is 2. The highest BCUT2D eigenvalue weighted by atomic mass is 16.5. The van der Waals surface area contributed by atoms with Crippen LogP contribution in [-0.4, -0.2) is 11.6 Å². The van der Waals surface area contributed by atoms with Gasteiger partial charge in [0.1, 0.15) is 18.1 Å². The van der Waals surface area contributed by atoms with Crippen molar-refractivity contribution in [3.05, 3.63) is 88.7 Å². The van der Waals surface area contributed by atoms with Gasteiger partial charge < -0.3 is 14.8 Å². The minimum Gasteiger partial charge on any atom is -0.493 e. The molecule has 4 heteroatoms. The summed E-state index contributed by atoms with van der Waals surface area (Å²) >= 11 is 0. The molecular weight excluding hydrogens is 348 g/mol. The lowest BCUT2D eigenvalue weighted by Gasteiger charge is -2.27. The Labute approximate surface area is 166 Å². The fraction of sp³-hybridized carbons (Fsp3) is 0.292. The van der Waals surface area contributed by atoms with Gasteiger partial charge in [-0.2, -0.15) is 0 Å². The molecule has 1 aliphatic heterocycles. The SMILES string of the molecule is Cc1cc(CNC2CCOc3ccccc32)cc(C)c1OCc1ccccn1. The first-order valence-corrected chi connectivity index (χ1v) is 9.78. The molecule has 3 aromatic rings. The molecule has 1 aliphatic rings. The third-order valence-corrected chi connectivity index (χ3v) is 5.12. The second-order valence-electron chi connectivity index (χ2n) is 7.28. The number of pyridine rings is 1. The first-order valence-electron chi connectivity index (χ1n) is 9.78. The minimum atomic E-state index is 0.325. The van der Waals surface area contributed by atoms with Gasteiger partial charge in [0.15, 0.2) is 0 Å². The molecule has 4 rings (SSSR count). The number of hydrogen-bond donors (Lipinski definition) is 1. The topological polar surface area (TPSA) is 43.4 Å². The zero-order valence-electron chi connectivity index (χ0n) is 16.4. The quantitative estimate of drug-likeness (QED) is 0.667. The van der Waals surface area contributed by atoms with E-state index in [0.29, 0.717) is 12.6 Å². The van der Waals surface area contributed by atoms with Crippen LogP contribution in [0.15, 0.2) is 60.8 Å². The molecule has 1 aromatic heterocycles. The Balaban J connectivity index is 1.42. The standard InChI is InChI=1S/C24H26N2O2/c1-17-13-19(14-18(2)24(17)28-16-20-7-5-6-11-25-20)15-26-22-10-12-27-23-9-4-3-8-21(22)23/h3-9,11,13-14,22,26H,10,12,15-16H2,1-2H3. The Morgan fingerprint density at radius 3 is 2.64 bits per heavy atom. The average molecular weight is 374 g/mol. The van der Waals surface area contributed by atoms with E-state index in [-0.39, 0.29) is 0 Å². The summed E-state index contributed by atoms with van der Waals surface area (Å²) in [6.45, 7) is 6.27. The number of rotatable bonds is 6. The van der Waals surface area contributed by atoms with E-state index in [1.54, 1.807) is 6.20 Å². The number of aromatic nitrogens is 1. The molecule has 4 nitrogen and oxygen atoms in total. The summed E-state index contributed by atoms with van der Waals surface area (Å²) in [7, 11) is 0. The van der Waals surface area contributed by atoms with Crippen molar-refractivity contribution in [1.29, 1.82) is 0 Å². The van der Waals surface area contributed by atoms with Gasteiger partial charge in [0, 0.05) is 30.8 Å². The maximum absolute atomic E-state index is 6.05. The Bertz CT molecular complexity index is 917. The Morgan fingerprint density at radius 2 is 1.86 bits per heavy atom. The normalized spacial score (nSPS) is 15.6. The lowest BCUT2D eigenvalue weighted by Crippen LogP contribution is -2.26. The monoisotopic (exact) mass is 374 g/mol. The summed E-state index contributed by atoms with van der Waals surface area (Å²) in [5, 5.41) is 3.70. The van der Waals surface area contributed by atoms with Crippen LogP contribution in [0, 0.1) is 13.8 Å². The van der Waals surface area contributed by atoms with Gasteiger partial charge in [-0.1, -0.05) is 36.4 Å². The molecule has 0 saturated heterocycles. The minimum absolute atomic E-state index is 0.325. The molecule has 0 saturated carbocycles. The Hall–Kier alpha value is -2.85. The van der Waals surface area contributed by atoms with Crippen LogP contribution in [0.3, 0.4) is 0 Å². The van der Waals surface area contributed by atoms with Crippen molar-refractivity contribution in [1.82, 2.24) is 10.3 Å². The molecule has 0 aliphatic carbocycles. The maximum atomic E-state index is 6.05. The van der Waals surface area contributed by atoms with Crippen molar-refractivity contribution in [3.8, 4) is 11.5 Å². The molecule has 0 radical (unpaired) electrons. The number of benzene rings is 2. The lowest BCUT2D eigenvalue weighted by molar-refractivity contribution is 0.252. The summed E-state index contributed by atoms with van der Waals surface area (Å²) in [6, 6.07) is 18.9. The van der Waals surface area contributed by atoms with Gasteiger partial charge in [-0.3, -0.25) is 4.98 Å². The highest BCUT2D eigenvalue weighted by Crippen LogP contribution is 2.32. The second-order valence-corrected chi connectivity index (χ2v) is 7.28. The van der Waals surface area contributed by atoms with Crippen molar-refractivity contribution in [2.75, 3.05) is 6.61 Å². The number of nitrogens with zero attached hydrogens (tertiary/aromatic N) is 1. The fourth-order valence-electron chi connectivity index (χ4n) is 3.79. The van der Waals surface area contributed by atoms with Crippen molar-refractivity contribution in [2.45, 2.75) is 39.5 Å². The van der Waals surface area contributed by atoms with Gasteiger partial charge in [-0.05, 0) is 48.7 Å². The van der Waals surface area contributed by atoms with Gasteiger partial charge in [-0.25, -0.2) is 0 Å². The molecule has 2 heterocycles. The molecule has 0 amide bonds. The summed E-state index contributed by atoms with van der Waals surface area (Å²) in [4.78, 5) is 4.33. The van der Waals surface area contributed by atoms with Gasteiger partial charge in [0.2, 0.25) is 0 Å². The van der Waals surface area contributed by atoms with Crippen LogP contribution in [0.4, 0.5) is 0 Å². The van der Waals surface area contributed by atoms with Crippen LogP contribution in [0.25, 0.3) is 0 Å². The number of fused-ring (bicyclic) bond motifs is 1. The number of nitrogens with one attached hydrogen (secondary N) is 1. The largest absolute Gasteiger partial charge is 0.493 e. The average Bonchev–Trinajstić information content (AvgIpc) is 2.72. The van der Waals surface area contributed by atoms with Crippen LogP contribution in [0.1, 0.15) is 40.4 Å². The smallest absolute Gasteiger partial charge is 0.130 e. The van der Waals surface area contributed by atoms with E-state index in [2.05, 4.69) is 48.4 Å². The molecule has 1 N–H and O–H groups in total. The van der Waals surface area contributed by atoms with Crippen LogP contribution in [0.2, 0.25) is 0 Å². The zero-order valence-corrected chi connectivity index (χ0v) is 16.4. The highest BCUT2D eigenvalue weighted by Gasteiger charge is 2.20. The van der Waals surface area contributed by atoms with Crippen molar-refractivity contribution in [3.63, 3.8) is 0 Å². The molecule has 0 fully saturated rings. The van der Waals surface area contributed by atoms with Crippen LogP contribution in [-0.2, 0) is 13.2 Å². The molecule has 0 spiro atoms. The van der Waals surface area contributed by atoms with Gasteiger partial charge in [0.25, 0.3) is 0 Å². The van der Waals surface area contributed by atoms with Crippen molar-refractivity contribution in [2.24, 2.45) is 0 Å². The molecular formula is C24H26N2O2. The van der Waals surface area contributed by atoms with Gasteiger partial charge >= 0.3 is 0 Å².